The molecule has 0 saturated carbocycles. The van der Waals surface area contributed by atoms with Crippen LogP contribution in [0.3, 0.4) is 0 Å². The third-order valence-electron chi connectivity index (χ3n) is 1.44. The van der Waals surface area contributed by atoms with Crippen molar-refractivity contribution in [1.82, 2.24) is 10.3 Å². The van der Waals surface area contributed by atoms with Gasteiger partial charge in [-0.25, -0.2) is 14.5 Å². The Kier molecular flexibility index (Phi) is 1.19. The van der Waals surface area contributed by atoms with Crippen LogP contribution in [0.25, 0.3) is 0 Å². The summed E-state index contributed by atoms with van der Waals surface area (Å²) in [6, 6.07) is -0.597. The van der Waals surface area contributed by atoms with Crippen LogP contribution in [-0.2, 0) is 0 Å². The van der Waals surface area contributed by atoms with E-state index in [-0.39, 0.29) is 16.7 Å². The molecule has 1 N–H and O–H groups in total. The maximum atomic E-state index is 11.1. The van der Waals surface area contributed by atoms with E-state index < -0.39 is 0 Å². The van der Waals surface area contributed by atoms with Crippen LogP contribution in [-0.4, -0.2) is 42.7 Å². The molecule has 4 amide bonds. The van der Waals surface area contributed by atoms with E-state index in [1.807, 2.05) is 0 Å². The smallest absolute Gasteiger partial charge is 0.243 e. The van der Waals surface area contributed by atoms with E-state index in [2.05, 4.69) is 5.43 Å². The average Bonchev–Trinajstić information content (AvgIpc) is 1.95. The highest BCUT2D eigenvalue weighted by Crippen LogP contribution is 2.07. The van der Waals surface area contributed by atoms with Crippen molar-refractivity contribution >= 4 is 12.1 Å². The van der Waals surface area contributed by atoms with E-state index in [4.69, 9.17) is 0 Å². The van der Waals surface area contributed by atoms with Gasteiger partial charge >= 0.3 is 12.1 Å². The van der Waals surface area contributed by atoms with Gasteiger partial charge in [0.2, 0.25) is 0 Å². The number of nitrogens with one attached hydrogen (secondary N) is 1. The molecule has 1 aliphatic heterocycles. The van der Waals surface area contributed by atoms with Gasteiger partial charge in [-0.05, 0) is 0 Å². The number of carbonyl (C=O) groups is 2. The second kappa shape index (κ2) is 1.69. The van der Waals surface area contributed by atoms with Gasteiger partial charge in [-0.1, -0.05) is 0 Å². The fourth-order valence-electron chi connectivity index (χ4n) is 0.824. The number of rotatable bonds is 0. The second-order valence-corrected chi connectivity index (χ2v) is 2.71. The van der Waals surface area contributed by atoms with Gasteiger partial charge in [-0.15, -0.1) is 4.59 Å². The number of amides is 4. The van der Waals surface area contributed by atoms with Gasteiger partial charge in [0, 0.05) is 7.05 Å². The maximum absolute atomic E-state index is 11.1. The Morgan fingerprint density at radius 3 is 2.00 bits per heavy atom. The van der Waals surface area contributed by atoms with Crippen molar-refractivity contribution < 1.29 is 14.2 Å². The van der Waals surface area contributed by atoms with Crippen LogP contribution >= 0.6 is 0 Å². The molecule has 0 spiro atoms. The lowest BCUT2D eigenvalue weighted by Gasteiger charge is -2.15. The number of urea groups is 2. The van der Waals surface area contributed by atoms with Gasteiger partial charge in [0.1, 0.15) is 14.1 Å². The highest BCUT2D eigenvalue weighted by Gasteiger charge is 2.44. The molecule has 56 valence electrons. The lowest BCUT2D eigenvalue weighted by atomic mass is 10.7. The lowest BCUT2D eigenvalue weighted by molar-refractivity contribution is -0.840. The minimum atomic E-state index is -0.352. The van der Waals surface area contributed by atoms with Crippen LogP contribution in [0.4, 0.5) is 9.59 Å². The molecule has 1 aliphatic rings. The Labute approximate surface area is 58.8 Å². The molecule has 5 heteroatoms. The van der Waals surface area contributed by atoms with Gasteiger partial charge in [-0.2, -0.15) is 5.43 Å². The number of imide groups is 1. The summed E-state index contributed by atoms with van der Waals surface area (Å²) >= 11 is 0. The largest absolute Gasteiger partial charge is 0.451 e. The Bertz CT molecular complexity index is 199. The Balaban J connectivity index is 2.92. The monoisotopic (exact) mass is 144 g/mol. The summed E-state index contributed by atoms with van der Waals surface area (Å²) in [4.78, 5) is 22.9. The van der Waals surface area contributed by atoms with Crippen LogP contribution in [0, 0.1) is 0 Å². The molecule has 0 aromatic heterocycles. The molecule has 5 nitrogen and oxygen atoms in total. The summed E-state index contributed by atoms with van der Waals surface area (Å²) < 4.78 is -0.102. The first-order valence-corrected chi connectivity index (χ1v) is 2.89. The fourth-order valence-corrected chi connectivity index (χ4v) is 0.824. The van der Waals surface area contributed by atoms with Gasteiger partial charge in [-0.3, -0.25) is 0 Å². The van der Waals surface area contributed by atoms with Gasteiger partial charge in [0.25, 0.3) is 0 Å². The van der Waals surface area contributed by atoms with E-state index >= 15 is 0 Å². The van der Waals surface area contributed by atoms with Crippen molar-refractivity contribution in [3.05, 3.63) is 0 Å². The average molecular weight is 144 g/mol. The molecule has 1 saturated heterocycles. The van der Waals surface area contributed by atoms with E-state index in [0.717, 1.165) is 4.90 Å². The van der Waals surface area contributed by atoms with Crippen molar-refractivity contribution in [3.63, 3.8) is 0 Å². The summed E-state index contributed by atoms with van der Waals surface area (Å²) in [7, 11) is 4.68. The van der Waals surface area contributed by atoms with E-state index in [9.17, 15) is 9.59 Å². The highest BCUT2D eigenvalue weighted by molar-refractivity contribution is 5.93. The van der Waals surface area contributed by atoms with Crippen LogP contribution in [0.5, 0.6) is 0 Å². The Hall–Kier alpha value is -1.10. The molecule has 1 fully saturated rings. The Morgan fingerprint density at radius 1 is 1.40 bits per heavy atom. The zero-order valence-electron chi connectivity index (χ0n) is 6.21. The van der Waals surface area contributed by atoms with Gasteiger partial charge < -0.3 is 0 Å². The molecule has 1 heterocycles. The maximum Gasteiger partial charge on any atom is 0.451 e. The molecule has 10 heavy (non-hydrogen) atoms. The zero-order chi connectivity index (χ0) is 7.94. The van der Waals surface area contributed by atoms with E-state index in [1.165, 1.54) is 7.05 Å². The number of quaternary nitrogens is 1. The number of carbonyl (C=O) groups excluding carboxylic acids is 2. The standard InChI is InChI=1S/C5H9N3O2/c1-7-4(9)6-8(2,3)5(7)10/h1-3H3/p+1. The third-order valence-corrected chi connectivity index (χ3v) is 1.44. The summed E-state index contributed by atoms with van der Waals surface area (Å²) in [5, 5.41) is 0. The second-order valence-electron chi connectivity index (χ2n) is 2.71. The van der Waals surface area contributed by atoms with Gasteiger partial charge in [0.15, 0.2) is 0 Å². The van der Waals surface area contributed by atoms with Crippen LogP contribution in [0.1, 0.15) is 0 Å². The van der Waals surface area contributed by atoms with Crippen molar-refractivity contribution in [2.75, 3.05) is 21.1 Å². The van der Waals surface area contributed by atoms with Crippen molar-refractivity contribution in [2.45, 2.75) is 0 Å². The highest BCUT2D eigenvalue weighted by atomic mass is 16.2. The molecule has 0 radical (unpaired) electrons. The van der Waals surface area contributed by atoms with Gasteiger partial charge in [0.05, 0.1) is 0 Å². The van der Waals surface area contributed by atoms with Crippen LogP contribution in [0.2, 0.25) is 0 Å². The fraction of sp³-hybridized carbons (Fsp3) is 0.600. The molecule has 1 rings (SSSR count). The first-order chi connectivity index (χ1) is 4.45. The lowest BCUT2D eigenvalue weighted by Crippen LogP contribution is -2.49. The summed E-state index contributed by atoms with van der Waals surface area (Å²) in [6.07, 6.45) is 0. The number of hydrogen-bond donors (Lipinski definition) is 1. The third kappa shape index (κ3) is 0.750. The summed E-state index contributed by atoms with van der Waals surface area (Å²) in [5.41, 5.74) is 2.47. The topological polar surface area (TPSA) is 49.4 Å². The molecular weight excluding hydrogens is 134 g/mol. The van der Waals surface area contributed by atoms with Crippen LogP contribution in [0.15, 0.2) is 0 Å². The molecule has 0 aliphatic carbocycles. The minimum Gasteiger partial charge on any atom is -0.243 e. The number of nitrogens with zero attached hydrogens (tertiary/aromatic N) is 2. The first-order valence-electron chi connectivity index (χ1n) is 2.89. The molecule has 0 aromatic rings. The molecule has 0 atom stereocenters. The molecular formula is C5H10N3O2+. The summed E-state index contributed by atoms with van der Waals surface area (Å²) in [6.45, 7) is 0. The predicted molar refractivity (Wildman–Crippen MR) is 33.8 cm³/mol. The van der Waals surface area contributed by atoms with Crippen molar-refractivity contribution in [1.29, 1.82) is 0 Å². The minimum absolute atomic E-state index is 0.102. The number of hydrogen-bond acceptors (Lipinski definition) is 2. The molecule has 0 aromatic carbocycles. The Morgan fingerprint density at radius 2 is 1.90 bits per heavy atom. The predicted octanol–water partition coefficient (Wildman–Crippen LogP) is -0.247. The quantitative estimate of drug-likeness (QED) is 0.477. The van der Waals surface area contributed by atoms with E-state index in [0.29, 0.717) is 0 Å². The van der Waals surface area contributed by atoms with E-state index in [1.54, 1.807) is 14.1 Å². The normalized spacial score (nSPS) is 23.3. The van der Waals surface area contributed by atoms with Crippen LogP contribution < -0.4 is 5.43 Å². The zero-order valence-corrected chi connectivity index (χ0v) is 6.21. The van der Waals surface area contributed by atoms with Crippen molar-refractivity contribution in [2.24, 2.45) is 0 Å². The first kappa shape index (κ1) is 7.01. The SMILES string of the molecule is CN1C(=O)N[N+](C)(C)C1=O. The van der Waals surface area contributed by atoms with Crippen molar-refractivity contribution in [3.8, 4) is 0 Å². The summed E-state index contributed by atoms with van der Waals surface area (Å²) in [5.74, 6) is 0. The molecule has 0 unspecified atom stereocenters. The molecule has 0 bridgehead atoms.